The summed E-state index contributed by atoms with van der Waals surface area (Å²) in [5.41, 5.74) is 3.59. The summed E-state index contributed by atoms with van der Waals surface area (Å²) in [4.78, 5) is 0. The molecule has 24 heavy (non-hydrogen) atoms. The highest BCUT2D eigenvalue weighted by molar-refractivity contribution is 5.92. The number of rotatable bonds is 5. The molecule has 0 spiro atoms. The molecular formula is C23H29N. The number of hydrogen-bond donors (Lipinski definition) is 1. The fraction of sp³-hybridized carbons (Fsp3) is 0.391. The van der Waals surface area contributed by atoms with E-state index in [9.17, 15) is 0 Å². The normalized spacial score (nSPS) is 16.1. The van der Waals surface area contributed by atoms with E-state index in [0.29, 0.717) is 0 Å². The third-order valence-electron chi connectivity index (χ3n) is 5.60. The van der Waals surface area contributed by atoms with Gasteiger partial charge in [-0.15, -0.1) is 0 Å². The molecule has 2 aromatic carbocycles. The zero-order valence-corrected chi connectivity index (χ0v) is 15.2. The first kappa shape index (κ1) is 16.8. The summed E-state index contributed by atoms with van der Waals surface area (Å²) >= 11 is 0. The molecule has 1 heteroatoms. The molecule has 1 fully saturated rings. The second-order valence-electron chi connectivity index (χ2n) is 7.51. The van der Waals surface area contributed by atoms with Crippen molar-refractivity contribution in [3.63, 3.8) is 0 Å². The molecule has 0 unspecified atom stereocenters. The van der Waals surface area contributed by atoms with E-state index in [4.69, 9.17) is 0 Å². The van der Waals surface area contributed by atoms with Gasteiger partial charge in [-0.1, -0.05) is 75.8 Å². The molecule has 126 valence electrons. The van der Waals surface area contributed by atoms with E-state index in [1.165, 1.54) is 53.3 Å². The Morgan fingerprint density at radius 2 is 1.83 bits per heavy atom. The molecular weight excluding hydrogens is 290 g/mol. The number of hydrogen-bond acceptors (Lipinski definition) is 1. The molecule has 2 aromatic rings. The minimum atomic E-state index is -0.117. The van der Waals surface area contributed by atoms with E-state index in [1.54, 1.807) is 0 Å². The maximum absolute atomic E-state index is 4.43. The lowest BCUT2D eigenvalue weighted by Gasteiger charge is -2.30. The van der Waals surface area contributed by atoms with Crippen molar-refractivity contribution in [2.45, 2.75) is 44.9 Å². The first-order chi connectivity index (χ1) is 11.5. The number of anilines is 1. The molecule has 1 aliphatic carbocycles. The van der Waals surface area contributed by atoms with Crippen molar-refractivity contribution < 1.29 is 0 Å². The Balaban J connectivity index is 2.01. The standard InChI is InChI=1S/C23H29N/c1-17(13-14-18-9-5-6-10-18)23(2,3)22-20-12-8-7-11-19(20)15-16-21(22)24-4/h7-8,11-16,18,24H,1,5-6,9-10H2,2-4H3/b14-13+. The summed E-state index contributed by atoms with van der Waals surface area (Å²) in [6.45, 7) is 9.01. The van der Waals surface area contributed by atoms with Gasteiger partial charge >= 0.3 is 0 Å². The molecule has 1 N–H and O–H groups in total. The second-order valence-corrected chi connectivity index (χ2v) is 7.51. The molecule has 0 heterocycles. The summed E-state index contributed by atoms with van der Waals surface area (Å²) in [5, 5.41) is 5.98. The van der Waals surface area contributed by atoms with E-state index < -0.39 is 0 Å². The second kappa shape index (κ2) is 6.84. The maximum Gasteiger partial charge on any atom is 0.0385 e. The minimum absolute atomic E-state index is 0.117. The van der Waals surface area contributed by atoms with Crippen LogP contribution in [0, 0.1) is 5.92 Å². The van der Waals surface area contributed by atoms with Crippen molar-refractivity contribution in [2.24, 2.45) is 5.92 Å². The van der Waals surface area contributed by atoms with Crippen LogP contribution < -0.4 is 5.32 Å². The van der Waals surface area contributed by atoms with Crippen LogP contribution in [0.4, 0.5) is 5.69 Å². The highest BCUT2D eigenvalue weighted by Crippen LogP contribution is 2.41. The zero-order valence-electron chi connectivity index (χ0n) is 15.2. The third-order valence-corrected chi connectivity index (χ3v) is 5.60. The van der Waals surface area contributed by atoms with Crippen molar-refractivity contribution in [2.75, 3.05) is 12.4 Å². The van der Waals surface area contributed by atoms with Gasteiger partial charge < -0.3 is 5.32 Å². The van der Waals surface area contributed by atoms with Crippen LogP contribution in [0.1, 0.15) is 45.1 Å². The number of fused-ring (bicyclic) bond motifs is 1. The fourth-order valence-corrected chi connectivity index (χ4v) is 3.92. The zero-order chi connectivity index (χ0) is 17.2. The van der Waals surface area contributed by atoms with Crippen LogP contribution in [0.3, 0.4) is 0 Å². The van der Waals surface area contributed by atoms with Crippen molar-refractivity contribution in [1.82, 2.24) is 0 Å². The molecule has 0 amide bonds. The van der Waals surface area contributed by atoms with E-state index in [2.05, 4.69) is 74.3 Å². The van der Waals surface area contributed by atoms with Crippen LogP contribution >= 0.6 is 0 Å². The molecule has 0 aromatic heterocycles. The average Bonchev–Trinajstić information content (AvgIpc) is 3.11. The van der Waals surface area contributed by atoms with Gasteiger partial charge in [-0.3, -0.25) is 0 Å². The average molecular weight is 319 g/mol. The van der Waals surface area contributed by atoms with Crippen LogP contribution in [0.25, 0.3) is 10.8 Å². The SMILES string of the molecule is C=C(/C=C/C1CCCC1)C(C)(C)c1c(NC)ccc2ccccc12. The van der Waals surface area contributed by atoms with Crippen molar-refractivity contribution in [3.05, 3.63) is 66.3 Å². The Bertz CT molecular complexity index is 761. The number of allylic oxidation sites excluding steroid dienone is 3. The quantitative estimate of drug-likeness (QED) is 0.623. The Morgan fingerprint density at radius 3 is 2.54 bits per heavy atom. The summed E-state index contributed by atoms with van der Waals surface area (Å²) < 4.78 is 0. The van der Waals surface area contributed by atoms with E-state index in [-0.39, 0.29) is 5.41 Å². The molecule has 0 atom stereocenters. The lowest BCUT2D eigenvalue weighted by molar-refractivity contribution is 0.642. The lowest BCUT2D eigenvalue weighted by atomic mass is 9.75. The van der Waals surface area contributed by atoms with Gasteiger partial charge in [0.05, 0.1) is 0 Å². The van der Waals surface area contributed by atoms with Gasteiger partial charge in [0, 0.05) is 18.2 Å². The maximum atomic E-state index is 4.43. The van der Waals surface area contributed by atoms with E-state index >= 15 is 0 Å². The highest BCUT2D eigenvalue weighted by Gasteiger charge is 2.28. The summed E-state index contributed by atoms with van der Waals surface area (Å²) in [5.74, 6) is 0.744. The largest absolute Gasteiger partial charge is 0.388 e. The smallest absolute Gasteiger partial charge is 0.0385 e. The summed E-state index contributed by atoms with van der Waals surface area (Å²) in [6.07, 6.45) is 10.1. The van der Waals surface area contributed by atoms with Gasteiger partial charge in [0.25, 0.3) is 0 Å². The van der Waals surface area contributed by atoms with Crippen LogP contribution in [0.2, 0.25) is 0 Å². The Kier molecular flexibility index (Phi) is 4.80. The molecule has 1 aliphatic rings. The Morgan fingerprint density at radius 1 is 1.12 bits per heavy atom. The van der Waals surface area contributed by atoms with Crippen LogP contribution in [0.15, 0.2) is 60.7 Å². The van der Waals surface area contributed by atoms with Crippen molar-refractivity contribution >= 4 is 16.5 Å². The van der Waals surface area contributed by atoms with Gasteiger partial charge in [-0.05, 0) is 46.7 Å². The molecule has 0 radical (unpaired) electrons. The monoisotopic (exact) mass is 319 g/mol. The summed E-state index contributed by atoms with van der Waals surface area (Å²) in [7, 11) is 2.00. The molecule has 1 nitrogen and oxygen atoms in total. The molecule has 1 saturated carbocycles. The first-order valence-electron chi connectivity index (χ1n) is 9.11. The first-order valence-corrected chi connectivity index (χ1v) is 9.11. The van der Waals surface area contributed by atoms with Crippen molar-refractivity contribution in [1.29, 1.82) is 0 Å². The van der Waals surface area contributed by atoms with Gasteiger partial charge in [-0.2, -0.15) is 0 Å². The van der Waals surface area contributed by atoms with Gasteiger partial charge in [-0.25, -0.2) is 0 Å². The van der Waals surface area contributed by atoms with Crippen LogP contribution in [-0.2, 0) is 5.41 Å². The minimum Gasteiger partial charge on any atom is -0.388 e. The lowest BCUT2D eigenvalue weighted by Crippen LogP contribution is -2.21. The topological polar surface area (TPSA) is 12.0 Å². The third kappa shape index (κ3) is 3.13. The van der Waals surface area contributed by atoms with Gasteiger partial charge in [0.15, 0.2) is 0 Å². The predicted octanol–water partition coefficient (Wildman–Crippen LogP) is 6.46. The van der Waals surface area contributed by atoms with Gasteiger partial charge in [0.1, 0.15) is 0 Å². The van der Waals surface area contributed by atoms with Gasteiger partial charge in [0.2, 0.25) is 0 Å². The predicted molar refractivity (Wildman–Crippen MR) is 107 cm³/mol. The molecule has 0 bridgehead atoms. The molecule has 0 saturated heterocycles. The fourth-order valence-electron chi connectivity index (χ4n) is 3.92. The van der Waals surface area contributed by atoms with Crippen LogP contribution in [0.5, 0.6) is 0 Å². The van der Waals surface area contributed by atoms with E-state index in [1.807, 2.05) is 7.05 Å². The van der Waals surface area contributed by atoms with Crippen molar-refractivity contribution in [3.8, 4) is 0 Å². The number of benzene rings is 2. The Hall–Kier alpha value is -2.02. The highest BCUT2D eigenvalue weighted by atomic mass is 14.8. The Labute approximate surface area is 146 Å². The van der Waals surface area contributed by atoms with Crippen LogP contribution in [-0.4, -0.2) is 7.05 Å². The summed E-state index contributed by atoms with van der Waals surface area (Å²) in [6, 6.07) is 13.0. The molecule has 3 rings (SSSR count). The molecule has 0 aliphatic heterocycles. The van der Waals surface area contributed by atoms with E-state index in [0.717, 1.165) is 5.92 Å². The number of nitrogens with one attached hydrogen (secondary N) is 1.